The van der Waals surface area contributed by atoms with Crippen molar-refractivity contribution in [1.29, 1.82) is 5.41 Å². The van der Waals surface area contributed by atoms with E-state index in [1.165, 1.54) is 12.1 Å². The summed E-state index contributed by atoms with van der Waals surface area (Å²) in [5, 5.41) is 16.4. The molecule has 3 rings (SSSR count). The molecule has 3 aromatic rings. The molecular weight excluding hydrogens is 340 g/mol. The number of imidazole rings is 1. The minimum atomic E-state index is -1.32. The van der Waals surface area contributed by atoms with Gasteiger partial charge >= 0.3 is 5.97 Å². The maximum atomic E-state index is 12.6. The third-order valence-corrected chi connectivity index (χ3v) is 5.23. The summed E-state index contributed by atoms with van der Waals surface area (Å²) in [5.74, 6) is -0.246. The lowest BCUT2D eigenvalue weighted by Crippen LogP contribution is -2.11. The molecule has 0 amide bonds. The lowest BCUT2D eigenvalue weighted by Gasteiger charge is -2.04. The van der Waals surface area contributed by atoms with Crippen LogP contribution in [0.25, 0.3) is 11.0 Å². The number of nitrogens with zero attached hydrogens (tertiary/aromatic N) is 2. The first-order valence-corrected chi connectivity index (χ1v) is 8.70. The van der Waals surface area contributed by atoms with Crippen LogP contribution in [0.5, 0.6) is 0 Å². The summed E-state index contributed by atoms with van der Waals surface area (Å²) >= 11 is 0. The van der Waals surface area contributed by atoms with E-state index in [2.05, 4.69) is 4.98 Å². The van der Waals surface area contributed by atoms with Gasteiger partial charge in [0, 0.05) is 17.5 Å². The Kier molecular flexibility index (Phi) is 4.37. The summed E-state index contributed by atoms with van der Waals surface area (Å²) in [6, 6.07) is 11.4. The Bertz CT molecular complexity index is 1010. The number of carboxylic acid groups (broad SMARTS) is 1. The number of nitrogen functional groups attached to an aromatic ring is 1. The first kappa shape index (κ1) is 16.8. The van der Waals surface area contributed by atoms with Gasteiger partial charge in [0.1, 0.15) is 11.7 Å². The second-order valence-electron chi connectivity index (χ2n) is 5.52. The van der Waals surface area contributed by atoms with E-state index in [4.69, 9.17) is 16.2 Å². The van der Waals surface area contributed by atoms with Crippen LogP contribution in [0.3, 0.4) is 0 Å². The van der Waals surface area contributed by atoms with Gasteiger partial charge in [0.05, 0.1) is 33.1 Å². The van der Waals surface area contributed by atoms with Crippen LogP contribution in [0.4, 0.5) is 0 Å². The maximum absolute atomic E-state index is 12.6. The molecule has 1 unspecified atom stereocenters. The van der Waals surface area contributed by atoms with Crippen LogP contribution < -0.4 is 5.73 Å². The molecular formula is C17H16N4O3S. The number of benzene rings is 2. The lowest BCUT2D eigenvalue weighted by molar-refractivity contribution is 0.0697. The highest BCUT2D eigenvalue weighted by Gasteiger charge is 2.14. The van der Waals surface area contributed by atoms with Crippen LogP contribution >= 0.6 is 0 Å². The van der Waals surface area contributed by atoms with E-state index < -0.39 is 16.8 Å². The zero-order valence-corrected chi connectivity index (χ0v) is 14.2. The summed E-state index contributed by atoms with van der Waals surface area (Å²) < 4.78 is 14.4. The molecule has 128 valence electrons. The number of amidine groups is 1. The number of hydrogen-bond donors (Lipinski definition) is 3. The topological polar surface area (TPSA) is 122 Å². The highest BCUT2D eigenvalue weighted by molar-refractivity contribution is 7.84. The molecule has 0 aliphatic carbocycles. The predicted molar refractivity (Wildman–Crippen MR) is 95.2 cm³/mol. The van der Waals surface area contributed by atoms with E-state index >= 15 is 0 Å². The molecule has 0 aliphatic rings. The number of hydrogen-bond acceptors (Lipinski definition) is 4. The molecule has 1 aromatic heterocycles. The Balaban J connectivity index is 1.89. The monoisotopic (exact) mass is 356 g/mol. The fraction of sp³-hybridized carbons (Fsp3) is 0.118. The molecule has 0 fully saturated rings. The first-order chi connectivity index (χ1) is 11.9. The molecule has 4 N–H and O–H groups in total. The third-order valence-electron chi connectivity index (χ3n) is 3.91. The van der Waals surface area contributed by atoms with Crippen molar-refractivity contribution in [3.63, 3.8) is 0 Å². The second-order valence-corrected chi connectivity index (χ2v) is 6.97. The Morgan fingerprint density at radius 1 is 1.24 bits per heavy atom. The smallest absolute Gasteiger partial charge is 0.335 e. The number of aromatic nitrogens is 2. The van der Waals surface area contributed by atoms with Crippen LogP contribution in [0, 0.1) is 5.41 Å². The largest absolute Gasteiger partial charge is 0.478 e. The van der Waals surface area contributed by atoms with Crippen molar-refractivity contribution in [2.24, 2.45) is 12.8 Å². The molecule has 8 heteroatoms. The van der Waals surface area contributed by atoms with E-state index in [0.29, 0.717) is 21.8 Å². The highest BCUT2D eigenvalue weighted by atomic mass is 32.2. The van der Waals surface area contributed by atoms with Crippen LogP contribution in [0.15, 0.2) is 47.4 Å². The normalized spacial score (nSPS) is 12.2. The van der Waals surface area contributed by atoms with Gasteiger partial charge in [-0.05, 0) is 30.3 Å². The van der Waals surface area contributed by atoms with Gasteiger partial charge in [-0.2, -0.15) is 0 Å². The number of nitrogens with one attached hydrogen (secondary N) is 1. The van der Waals surface area contributed by atoms with Gasteiger partial charge < -0.3 is 15.4 Å². The molecule has 2 aromatic carbocycles. The molecule has 0 saturated carbocycles. The summed E-state index contributed by atoms with van der Waals surface area (Å²) in [6.07, 6.45) is 0. The predicted octanol–water partition coefficient (Wildman–Crippen LogP) is 1.86. The summed E-state index contributed by atoms with van der Waals surface area (Å²) in [4.78, 5) is 16.1. The minimum absolute atomic E-state index is 0.0399. The van der Waals surface area contributed by atoms with Crippen molar-refractivity contribution in [3.05, 3.63) is 59.4 Å². The van der Waals surface area contributed by atoms with Crippen molar-refractivity contribution in [2.45, 2.75) is 10.6 Å². The second kappa shape index (κ2) is 6.48. The zero-order chi connectivity index (χ0) is 18.1. The van der Waals surface area contributed by atoms with Gasteiger partial charge in [0.15, 0.2) is 0 Å². The summed E-state index contributed by atoms with van der Waals surface area (Å²) in [6.45, 7) is 0. The number of aryl methyl sites for hydroxylation is 1. The zero-order valence-electron chi connectivity index (χ0n) is 13.4. The van der Waals surface area contributed by atoms with Gasteiger partial charge in [-0.25, -0.2) is 9.78 Å². The van der Waals surface area contributed by atoms with Crippen LogP contribution in [0.1, 0.15) is 21.7 Å². The number of rotatable bonds is 5. The van der Waals surface area contributed by atoms with E-state index in [1.54, 1.807) is 37.4 Å². The molecule has 0 radical (unpaired) electrons. The molecule has 0 saturated heterocycles. The number of carbonyl (C=O) groups is 1. The van der Waals surface area contributed by atoms with Gasteiger partial charge in [0.2, 0.25) is 0 Å². The Hall–Kier alpha value is -3.00. The van der Waals surface area contributed by atoms with E-state index in [0.717, 1.165) is 5.52 Å². The van der Waals surface area contributed by atoms with Crippen molar-refractivity contribution >= 4 is 33.6 Å². The van der Waals surface area contributed by atoms with Crippen molar-refractivity contribution in [3.8, 4) is 0 Å². The van der Waals surface area contributed by atoms with Crippen LogP contribution in [0.2, 0.25) is 0 Å². The van der Waals surface area contributed by atoms with Gasteiger partial charge in [-0.15, -0.1) is 0 Å². The van der Waals surface area contributed by atoms with Gasteiger partial charge in [-0.3, -0.25) is 9.62 Å². The summed E-state index contributed by atoms with van der Waals surface area (Å²) in [7, 11) is 0.489. The quantitative estimate of drug-likeness (QED) is 0.476. The lowest BCUT2D eigenvalue weighted by atomic mass is 10.2. The van der Waals surface area contributed by atoms with Crippen LogP contribution in [-0.4, -0.2) is 30.7 Å². The fourth-order valence-electron chi connectivity index (χ4n) is 2.50. The maximum Gasteiger partial charge on any atom is 0.335 e. The summed E-state index contributed by atoms with van der Waals surface area (Å²) in [5.41, 5.74) is 7.49. The molecule has 0 bridgehead atoms. The Morgan fingerprint density at radius 3 is 2.48 bits per heavy atom. The number of nitrogens with two attached hydrogens (primary N) is 1. The van der Waals surface area contributed by atoms with Crippen molar-refractivity contribution in [1.82, 2.24) is 9.55 Å². The van der Waals surface area contributed by atoms with Gasteiger partial charge in [0.25, 0.3) is 0 Å². The molecule has 1 heterocycles. The first-order valence-electron chi connectivity index (χ1n) is 7.38. The Morgan fingerprint density at radius 2 is 1.88 bits per heavy atom. The highest BCUT2D eigenvalue weighted by Crippen LogP contribution is 2.20. The average Bonchev–Trinajstić information content (AvgIpc) is 2.90. The van der Waals surface area contributed by atoms with E-state index in [-0.39, 0.29) is 17.2 Å². The molecule has 1 atom stereocenters. The van der Waals surface area contributed by atoms with Crippen molar-refractivity contribution < 1.29 is 14.1 Å². The fourth-order valence-corrected chi connectivity index (χ4v) is 3.60. The number of aromatic carboxylic acids is 1. The molecule has 0 spiro atoms. The van der Waals surface area contributed by atoms with Crippen LogP contribution in [-0.2, 0) is 23.6 Å². The Labute approximate surface area is 146 Å². The number of carboxylic acids is 1. The average molecular weight is 356 g/mol. The molecule has 25 heavy (non-hydrogen) atoms. The molecule has 0 aliphatic heterocycles. The minimum Gasteiger partial charge on any atom is -0.478 e. The van der Waals surface area contributed by atoms with Gasteiger partial charge in [-0.1, -0.05) is 12.1 Å². The standard InChI is InChI=1S/C17H16N4O3S/c1-21-14-7-4-11(17(22)23)8-13(14)20-15(21)9-25(24)12-5-2-10(3-6-12)16(18)19/h2-8H,9H2,1H3,(H3,18,19)(H,22,23). The van der Waals surface area contributed by atoms with Crippen molar-refractivity contribution in [2.75, 3.05) is 0 Å². The molecule has 7 nitrogen and oxygen atoms in total. The number of fused-ring (bicyclic) bond motifs is 1. The van der Waals surface area contributed by atoms with E-state index in [1.807, 2.05) is 4.57 Å². The SMILES string of the molecule is Cn1c(CS(=O)c2ccc(C(=N)N)cc2)nc2cc(C(=O)O)ccc21. The third kappa shape index (κ3) is 3.29. The van der Waals surface area contributed by atoms with E-state index in [9.17, 15) is 9.00 Å².